The van der Waals surface area contributed by atoms with Gasteiger partial charge < -0.3 is 10.2 Å². The first-order valence-corrected chi connectivity index (χ1v) is 11.1. The molecule has 1 aromatic rings. The molecule has 2 atom stereocenters. The first-order valence-electron chi connectivity index (χ1n) is 11.1. The summed E-state index contributed by atoms with van der Waals surface area (Å²) in [7, 11) is 1.65. The molecule has 0 aliphatic heterocycles. The first kappa shape index (κ1) is 25.7. The van der Waals surface area contributed by atoms with Gasteiger partial charge in [-0.05, 0) is 37.8 Å². The van der Waals surface area contributed by atoms with Crippen molar-refractivity contribution in [3.8, 4) is 0 Å². The van der Waals surface area contributed by atoms with Gasteiger partial charge in [-0.3, -0.25) is 14.4 Å². The molecule has 1 rings (SSSR count). The summed E-state index contributed by atoms with van der Waals surface area (Å²) < 4.78 is 0. The molecule has 170 valence electrons. The number of nitrogens with zero attached hydrogens (tertiary/aromatic N) is 5. The Morgan fingerprint density at radius 1 is 1.07 bits per heavy atom. The Bertz CT molecular complexity index is 684. The molecule has 9 nitrogen and oxygen atoms in total. The normalized spacial score (nSPS) is 13.2. The van der Waals surface area contributed by atoms with Crippen LogP contribution < -0.4 is 5.32 Å². The van der Waals surface area contributed by atoms with Crippen LogP contribution in [0.5, 0.6) is 0 Å². The summed E-state index contributed by atoms with van der Waals surface area (Å²) in [6.07, 6.45) is 4.71. The van der Waals surface area contributed by atoms with Crippen molar-refractivity contribution in [1.29, 1.82) is 0 Å². The quantitative estimate of drug-likeness (QED) is 0.491. The van der Waals surface area contributed by atoms with Crippen molar-refractivity contribution in [3.63, 3.8) is 0 Å². The van der Waals surface area contributed by atoms with Gasteiger partial charge in [-0.25, -0.2) is 0 Å². The molecule has 30 heavy (non-hydrogen) atoms. The van der Waals surface area contributed by atoms with Crippen LogP contribution in [0.2, 0.25) is 0 Å². The summed E-state index contributed by atoms with van der Waals surface area (Å²) in [6.45, 7) is 9.89. The zero-order valence-corrected chi connectivity index (χ0v) is 19.3. The molecule has 1 N–H and O–H groups in total. The zero-order valence-electron chi connectivity index (χ0n) is 19.3. The molecule has 0 bridgehead atoms. The largest absolute Gasteiger partial charge is 0.344 e. The van der Waals surface area contributed by atoms with E-state index < -0.39 is 12.1 Å². The third kappa shape index (κ3) is 7.50. The maximum Gasteiger partial charge on any atom is 0.246 e. The fraction of sp³-hybridized carbons (Fsp3) is 0.810. The Kier molecular flexibility index (Phi) is 11.2. The van der Waals surface area contributed by atoms with Gasteiger partial charge in [0.15, 0.2) is 11.6 Å². The Balaban J connectivity index is 3.17. The lowest BCUT2D eigenvalue weighted by Crippen LogP contribution is -2.55. The second-order valence-electron chi connectivity index (χ2n) is 7.80. The number of carbonyl (C=O) groups is 3. The van der Waals surface area contributed by atoms with E-state index in [1.807, 2.05) is 27.7 Å². The second-order valence-corrected chi connectivity index (χ2v) is 7.80. The number of aryl methyl sites for hydroxylation is 1. The average molecular weight is 423 g/mol. The van der Waals surface area contributed by atoms with Crippen molar-refractivity contribution in [2.24, 2.45) is 13.0 Å². The minimum Gasteiger partial charge on any atom is -0.344 e. The van der Waals surface area contributed by atoms with Crippen molar-refractivity contribution in [1.82, 2.24) is 30.4 Å². The molecule has 9 heteroatoms. The fourth-order valence-corrected chi connectivity index (χ4v) is 3.77. The van der Waals surface area contributed by atoms with Gasteiger partial charge in [0, 0.05) is 18.9 Å². The molecule has 2 amide bonds. The lowest BCUT2D eigenvalue weighted by atomic mass is 9.96. The third-order valence-electron chi connectivity index (χ3n) is 5.18. The monoisotopic (exact) mass is 422 g/mol. The molecule has 0 saturated heterocycles. The van der Waals surface area contributed by atoms with E-state index in [1.54, 1.807) is 11.9 Å². The van der Waals surface area contributed by atoms with Gasteiger partial charge in [-0.2, -0.15) is 4.80 Å². The van der Waals surface area contributed by atoms with Gasteiger partial charge in [0.1, 0.15) is 6.04 Å². The first-order chi connectivity index (χ1) is 14.3. The van der Waals surface area contributed by atoms with Gasteiger partial charge in [0.05, 0.1) is 13.1 Å². The molecule has 0 fully saturated rings. The summed E-state index contributed by atoms with van der Waals surface area (Å²) in [5.74, 6) is -0.220. The third-order valence-corrected chi connectivity index (χ3v) is 5.18. The van der Waals surface area contributed by atoms with Crippen LogP contribution in [0, 0.1) is 5.92 Å². The number of carbonyl (C=O) groups excluding carboxylic acids is 3. The number of rotatable bonds is 14. The molecular formula is C21H38N6O3. The smallest absolute Gasteiger partial charge is 0.246 e. The molecule has 0 saturated carbocycles. The van der Waals surface area contributed by atoms with E-state index >= 15 is 0 Å². The molecule has 0 radical (unpaired) electrons. The number of nitrogens with one attached hydrogen (secondary N) is 1. The van der Waals surface area contributed by atoms with Crippen molar-refractivity contribution in [2.75, 3.05) is 6.54 Å². The Morgan fingerprint density at radius 2 is 1.70 bits per heavy atom. The summed E-state index contributed by atoms with van der Waals surface area (Å²) in [5, 5.41) is 14.9. The molecule has 2 unspecified atom stereocenters. The number of aromatic nitrogens is 4. The van der Waals surface area contributed by atoms with Crippen molar-refractivity contribution >= 4 is 17.6 Å². The number of hydrogen-bond donors (Lipinski definition) is 1. The van der Waals surface area contributed by atoms with Crippen LogP contribution in [-0.2, 0) is 27.9 Å². The minimum atomic E-state index is -0.835. The molecule has 0 aromatic carbocycles. The number of tetrazole rings is 1. The van der Waals surface area contributed by atoms with E-state index in [0.29, 0.717) is 25.2 Å². The molecular weight excluding hydrogens is 384 g/mol. The highest BCUT2D eigenvalue weighted by Crippen LogP contribution is 2.16. The highest BCUT2D eigenvalue weighted by Gasteiger charge is 2.33. The Morgan fingerprint density at radius 3 is 2.13 bits per heavy atom. The highest BCUT2D eigenvalue weighted by molar-refractivity contribution is 5.92. The SMILES string of the molecule is CCCC(CCC)C(=O)NC(Cc1nnn(C)n1)C(=O)N(CCC)C(CC)C(C)=O. The van der Waals surface area contributed by atoms with E-state index in [4.69, 9.17) is 0 Å². The van der Waals surface area contributed by atoms with Gasteiger partial charge in [0.2, 0.25) is 11.8 Å². The number of hydrogen-bond acceptors (Lipinski definition) is 6. The zero-order chi connectivity index (χ0) is 22.7. The number of Topliss-reactive ketones (excluding diaryl/α,β-unsaturated/α-hetero) is 1. The summed E-state index contributed by atoms with van der Waals surface area (Å²) in [5.41, 5.74) is 0. The van der Waals surface area contributed by atoms with Crippen LogP contribution >= 0.6 is 0 Å². The van der Waals surface area contributed by atoms with Crippen LogP contribution in [0.15, 0.2) is 0 Å². The van der Waals surface area contributed by atoms with E-state index in [2.05, 4.69) is 20.7 Å². The fourth-order valence-electron chi connectivity index (χ4n) is 3.77. The van der Waals surface area contributed by atoms with Gasteiger partial charge in [0.25, 0.3) is 0 Å². The van der Waals surface area contributed by atoms with Crippen LogP contribution in [-0.4, -0.2) is 61.3 Å². The molecule has 0 spiro atoms. The molecule has 1 heterocycles. The lowest BCUT2D eigenvalue weighted by molar-refractivity contribution is -0.143. The molecule has 0 aliphatic carbocycles. The average Bonchev–Trinajstić information content (AvgIpc) is 3.11. The predicted molar refractivity (Wildman–Crippen MR) is 115 cm³/mol. The van der Waals surface area contributed by atoms with Crippen LogP contribution in [0.25, 0.3) is 0 Å². The standard InChI is InChI=1S/C21H38N6O3/c1-7-11-16(12-8-2)20(29)22-17(14-19-23-25-26(6)24-19)21(30)27(13-9-3)18(10-4)15(5)28/h16-18H,7-14H2,1-6H3,(H,22,29). The van der Waals surface area contributed by atoms with Gasteiger partial charge in [-0.1, -0.05) is 40.5 Å². The van der Waals surface area contributed by atoms with E-state index in [9.17, 15) is 14.4 Å². The van der Waals surface area contributed by atoms with E-state index in [-0.39, 0.29) is 29.9 Å². The number of ketones is 1. The lowest BCUT2D eigenvalue weighted by Gasteiger charge is -2.33. The Labute approximate surface area is 180 Å². The molecule has 0 aliphatic rings. The topological polar surface area (TPSA) is 110 Å². The van der Waals surface area contributed by atoms with E-state index in [1.165, 1.54) is 11.7 Å². The summed E-state index contributed by atoms with van der Waals surface area (Å²) >= 11 is 0. The molecule has 1 aromatic heterocycles. The second kappa shape index (κ2) is 13.1. The summed E-state index contributed by atoms with van der Waals surface area (Å²) in [6, 6.07) is -1.34. The number of amides is 2. The highest BCUT2D eigenvalue weighted by atomic mass is 16.2. The van der Waals surface area contributed by atoms with Crippen molar-refractivity contribution < 1.29 is 14.4 Å². The van der Waals surface area contributed by atoms with E-state index in [0.717, 1.165) is 25.7 Å². The maximum atomic E-state index is 13.5. The van der Waals surface area contributed by atoms with Crippen LogP contribution in [0.3, 0.4) is 0 Å². The Hall–Kier alpha value is -2.32. The van der Waals surface area contributed by atoms with Gasteiger partial charge >= 0.3 is 0 Å². The van der Waals surface area contributed by atoms with Gasteiger partial charge in [-0.15, -0.1) is 10.2 Å². The predicted octanol–water partition coefficient (Wildman–Crippen LogP) is 2.06. The van der Waals surface area contributed by atoms with Crippen LogP contribution in [0.1, 0.15) is 79.0 Å². The van der Waals surface area contributed by atoms with Crippen molar-refractivity contribution in [3.05, 3.63) is 5.82 Å². The minimum absolute atomic E-state index is 0.0585. The maximum absolute atomic E-state index is 13.5. The van der Waals surface area contributed by atoms with Crippen molar-refractivity contribution in [2.45, 2.75) is 91.6 Å². The van der Waals surface area contributed by atoms with Crippen LogP contribution in [0.4, 0.5) is 0 Å². The summed E-state index contributed by atoms with van der Waals surface area (Å²) in [4.78, 5) is 41.6.